The summed E-state index contributed by atoms with van der Waals surface area (Å²) < 4.78 is 0. The lowest BCUT2D eigenvalue weighted by atomic mass is 9.48. The minimum atomic E-state index is 0.330. The molecule has 6 aromatic carbocycles. The summed E-state index contributed by atoms with van der Waals surface area (Å²) in [4.78, 5) is 15.8. The SMILES string of the molecule is N#Cc1cccc(-c2ccccc2-c2ccccc2-c2nc(-c3ccc(C45C[C@H]6C[C@H](C4)C[C@@H](C5)C6)cc3)nc(-c3ccccc3-c3ccccc3)n2)c1. The van der Waals surface area contributed by atoms with E-state index in [9.17, 15) is 5.26 Å². The Bertz CT molecular complexity index is 2510. The Morgan fingerprint density at radius 1 is 0.426 bits per heavy atom. The summed E-state index contributed by atoms with van der Waals surface area (Å²) >= 11 is 0. The van der Waals surface area contributed by atoms with Crippen molar-refractivity contribution in [2.24, 2.45) is 17.8 Å². The molecule has 4 fully saturated rings. The predicted octanol–water partition coefficient (Wildman–Crippen LogP) is 12.2. The van der Waals surface area contributed by atoms with E-state index in [1.54, 1.807) is 0 Å². The molecule has 4 saturated carbocycles. The highest BCUT2D eigenvalue weighted by Crippen LogP contribution is 2.60. The predicted molar refractivity (Wildman–Crippen MR) is 217 cm³/mol. The number of hydrogen-bond acceptors (Lipinski definition) is 4. The van der Waals surface area contributed by atoms with Crippen molar-refractivity contribution in [3.8, 4) is 73.6 Å². The molecule has 0 saturated heterocycles. The average Bonchev–Trinajstić information content (AvgIpc) is 3.23. The number of aromatic nitrogens is 3. The number of nitriles is 1. The summed E-state index contributed by atoms with van der Waals surface area (Å²) in [6.45, 7) is 0. The molecule has 4 aliphatic rings. The average molecular weight is 697 g/mol. The van der Waals surface area contributed by atoms with Crippen LogP contribution in [0.4, 0.5) is 0 Å². The first-order chi connectivity index (χ1) is 26.6. The maximum absolute atomic E-state index is 9.68. The van der Waals surface area contributed by atoms with Crippen LogP contribution in [-0.4, -0.2) is 15.0 Å². The van der Waals surface area contributed by atoms with E-state index < -0.39 is 0 Å². The van der Waals surface area contributed by atoms with Gasteiger partial charge in [0.05, 0.1) is 11.6 Å². The summed E-state index contributed by atoms with van der Waals surface area (Å²) in [6, 6.07) is 55.0. The molecule has 4 heteroatoms. The second kappa shape index (κ2) is 13.3. The van der Waals surface area contributed by atoms with Crippen LogP contribution in [0.2, 0.25) is 0 Å². The normalized spacial score (nSPS) is 21.1. The van der Waals surface area contributed by atoms with Crippen LogP contribution in [0, 0.1) is 29.1 Å². The first kappa shape index (κ1) is 32.5. The van der Waals surface area contributed by atoms with Gasteiger partial charge in [-0.1, -0.05) is 140 Å². The van der Waals surface area contributed by atoms with Crippen LogP contribution in [0.1, 0.15) is 49.7 Å². The molecular formula is C50H40N4. The Morgan fingerprint density at radius 2 is 0.889 bits per heavy atom. The van der Waals surface area contributed by atoms with Crippen LogP contribution in [0.3, 0.4) is 0 Å². The highest BCUT2D eigenvalue weighted by atomic mass is 15.0. The minimum Gasteiger partial charge on any atom is -0.208 e. The van der Waals surface area contributed by atoms with Gasteiger partial charge >= 0.3 is 0 Å². The number of benzene rings is 6. The Hall–Kier alpha value is -6.18. The van der Waals surface area contributed by atoms with Crippen molar-refractivity contribution in [1.82, 2.24) is 15.0 Å². The monoisotopic (exact) mass is 696 g/mol. The van der Waals surface area contributed by atoms with Crippen molar-refractivity contribution >= 4 is 0 Å². The van der Waals surface area contributed by atoms with Crippen LogP contribution < -0.4 is 0 Å². The quantitative estimate of drug-likeness (QED) is 0.166. The molecule has 0 radical (unpaired) electrons. The Labute approximate surface area is 317 Å². The van der Waals surface area contributed by atoms with Gasteiger partial charge in [0.15, 0.2) is 17.5 Å². The standard InChI is InChI=1S/C50H40N4/c51-32-33-11-10-14-39(28-33)42-16-4-6-17-43(42)44-18-7-9-20-46(44)49-53-47(52-48(54-49)45-19-8-5-15-41(45)37-12-2-1-3-13-37)38-21-23-40(24-22-38)50-29-34-25-35(30-50)27-36(26-34)31-50/h1-24,28,34-36H,25-27,29-31H2/t34-,35-,36-,50?. The van der Waals surface area contributed by atoms with Crippen LogP contribution in [0.5, 0.6) is 0 Å². The zero-order valence-corrected chi connectivity index (χ0v) is 30.2. The van der Waals surface area contributed by atoms with Crippen molar-refractivity contribution < 1.29 is 0 Å². The van der Waals surface area contributed by atoms with E-state index in [2.05, 4.69) is 127 Å². The zero-order chi connectivity index (χ0) is 36.1. The fourth-order valence-electron chi connectivity index (χ4n) is 10.4. The smallest absolute Gasteiger partial charge is 0.164 e. The van der Waals surface area contributed by atoms with Gasteiger partial charge in [-0.15, -0.1) is 0 Å². The summed E-state index contributed by atoms with van der Waals surface area (Å²) in [7, 11) is 0. The van der Waals surface area contributed by atoms with E-state index >= 15 is 0 Å². The molecule has 54 heavy (non-hydrogen) atoms. The van der Waals surface area contributed by atoms with E-state index in [1.165, 1.54) is 44.1 Å². The number of rotatable bonds is 7. The highest BCUT2D eigenvalue weighted by molar-refractivity contribution is 5.91. The van der Waals surface area contributed by atoms with Gasteiger partial charge in [0.1, 0.15) is 0 Å². The molecule has 4 bridgehead atoms. The molecule has 1 heterocycles. The molecule has 11 rings (SSSR count). The lowest BCUT2D eigenvalue weighted by Gasteiger charge is -2.57. The maximum Gasteiger partial charge on any atom is 0.164 e. The van der Waals surface area contributed by atoms with Crippen molar-refractivity contribution in [3.05, 3.63) is 163 Å². The third kappa shape index (κ3) is 5.81. The minimum absolute atomic E-state index is 0.330. The third-order valence-corrected chi connectivity index (χ3v) is 12.4. The second-order valence-corrected chi connectivity index (χ2v) is 15.8. The topological polar surface area (TPSA) is 62.5 Å². The van der Waals surface area contributed by atoms with Gasteiger partial charge in [0, 0.05) is 16.7 Å². The van der Waals surface area contributed by atoms with Gasteiger partial charge in [0.2, 0.25) is 0 Å². The molecule has 4 nitrogen and oxygen atoms in total. The molecular weight excluding hydrogens is 657 g/mol. The molecule has 0 aliphatic heterocycles. The summed E-state index contributed by atoms with van der Waals surface area (Å²) in [5, 5.41) is 9.68. The van der Waals surface area contributed by atoms with E-state index in [0.717, 1.165) is 67.8 Å². The van der Waals surface area contributed by atoms with Crippen molar-refractivity contribution in [2.45, 2.75) is 43.9 Å². The van der Waals surface area contributed by atoms with E-state index in [1.807, 2.05) is 30.3 Å². The van der Waals surface area contributed by atoms with Gasteiger partial charge in [-0.25, -0.2) is 15.0 Å². The molecule has 7 aromatic rings. The Balaban J connectivity index is 1.13. The van der Waals surface area contributed by atoms with E-state index in [-0.39, 0.29) is 0 Å². The molecule has 0 N–H and O–H groups in total. The molecule has 260 valence electrons. The fraction of sp³-hybridized carbons (Fsp3) is 0.200. The van der Waals surface area contributed by atoms with Gasteiger partial charge in [-0.05, 0) is 113 Å². The molecule has 1 aromatic heterocycles. The number of nitrogens with zero attached hydrogens (tertiary/aromatic N) is 4. The third-order valence-electron chi connectivity index (χ3n) is 12.4. The Kier molecular flexibility index (Phi) is 8.02. The van der Waals surface area contributed by atoms with Gasteiger partial charge in [0.25, 0.3) is 0 Å². The van der Waals surface area contributed by atoms with E-state index in [0.29, 0.717) is 28.5 Å². The molecule has 0 atom stereocenters. The first-order valence-corrected chi connectivity index (χ1v) is 19.3. The van der Waals surface area contributed by atoms with Crippen molar-refractivity contribution in [1.29, 1.82) is 5.26 Å². The largest absolute Gasteiger partial charge is 0.208 e. The van der Waals surface area contributed by atoms with Gasteiger partial charge in [-0.3, -0.25) is 0 Å². The lowest BCUT2D eigenvalue weighted by molar-refractivity contribution is -0.00518. The molecule has 4 aliphatic carbocycles. The fourth-order valence-corrected chi connectivity index (χ4v) is 10.4. The summed E-state index contributed by atoms with van der Waals surface area (Å²) in [5.41, 5.74) is 11.7. The van der Waals surface area contributed by atoms with Gasteiger partial charge < -0.3 is 0 Å². The van der Waals surface area contributed by atoms with Crippen molar-refractivity contribution in [3.63, 3.8) is 0 Å². The van der Waals surface area contributed by atoms with Crippen LogP contribution in [0.15, 0.2) is 152 Å². The zero-order valence-electron chi connectivity index (χ0n) is 30.2. The van der Waals surface area contributed by atoms with Crippen LogP contribution in [-0.2, 0) is 5.41 Å². The molecule has 0 unspecified atom stereocenters. The van der Waals surface area contributed by atoms with Crippen LogP contribution in [0.25, 0.3) is 67.5 Å². The summed E-state index contributed by atoms with van der Waals surface area (Å²) in [6.07, 6.45) is 8.35. The first-order valence-electron chi connectivity index (χ1n) is 19.3. The molecule has 0 amide bonds. The number of hydrogen-bond donors (Lipinski definition) is 0. The van der Waals surface area contributed by atoms with Crippen molar-refractivity contribution in [2.75, 3.05) is 0 Å². The summed E-state index contributed by atoms with van der Waals surface area (Å²) in [5.74, 6) is 4.63. The second-order valence-electron chi connectivity index (χ2n) is 15.8. The molecule has 0 spiro atoms. The van der Waals surface area contributed by atoms with Gasteiger partial charge in [-0.2, -0.15) is 5.26 Å². The van der Waals surface area contributed by atoms with E-state index in [4.69, 9.17) is 15.0 Å². The highest BCUT2D eigenvalue weighted by Gasteiger charge is 2.51. The lowest BCUT2D eigenvalue weighted by Crippen LogP contribution is -2.48. The van der Waals surface area contributed by atoms with Crippen LogP contribution >= 0.6 is 0 Å². The Morgan fingerprint density at radius 3 is 1.48 bits per heavy atom. The maximum atomic E-state index is 9.68.